The van der Waals surface area contributed by atoms with E-state index in [0.717, 1.165) is 19.1 Å². The third-order valence-corrected chi connectivity index (χ3v) is 4.54. The zero-order valence-corrected chi connectivity index (χ0v) is 19.5. The molecule has 31 heavy (non-hydrogen) atoms. The Bertz CT molecular complexity index is 1140. The van der Waals surface area contributed by atoms with Crippen molar-refractivity contribution in [3.05, 3.63) is 52.6 Å². The Labute approximate surface area is 198 Å². The largest absolute Gasteiger partial charge is 1.00 e. The van der Waals surface area contributed by atoms with Gasteiger partial charge in [0.25, 0.3) is 11.6 Å². The smallest absolute Gasteiger partial charge is 0.744 e. The van der Waals surface area contributed by atoms with E-state index in [1.165, 1.54) is 13.2 Å². The van der Waals surface area contributed by atoms with Gasteiger partial charge >= 0.3 is 29.6 Å². The van der Waals surface area contributed by atoms with Gasteiger partial charge in [0, 0.05) is 6.07 Å². The summed E-state index contributed by atoms with van der Waals surface area (Å²) in [6.07, 6.45) is 0. The van der Waals surface area contributed by atoms with Gasteiger partial charge in [-0.05, 0) is 31.2 Å². The normalized spacial score (nSPS) is 12.0. The number of nitro groups is 1. The molecule has 1 unspecified atom stereocenters. The molecule has 14 heteroatoms. The number of hydrogen-bond acceptors (Lipinski definition) is 10. The Balaban J connectivity index is 0.00000480. The van der Waals surface area contributed by atoms with Gasteiger partial charge in [0.1, 0.15) is 15.9 Å². The molecule has 158 valence electrons. The first-order chi connectivity index (χ1) is 14.0. The minimum atomic E-state index is -4.93. The fraction of sp³-hybridized carbons (Fsp3) is 0.176. The Kier molecular flexibility index (Phi) is 9.40. The summed E-state index contributed by atoms with van der Waals surface area (Å²) in [5.41, 5.74) is -1.01. The van der Waals surface area contributed by atoms with E-state index in [1.807, 2.05) is 0 Å². The molecule has 0 spiro atoms. The molecule has 0 aliphatic heterocycles. The van der Waals surface area contributed by atoms with Crippen LogP contribution in [0.1, 0.15) is 6.92 Å². The van der Waals surface area contributed by atoms with Crippen molar-refractivity contribution < 1.29 is 61.8 Å². The van der Waals surface area contributed by atoms with E-state index in [1.54, 1.807) is 18.2 Å². The average Bonchev–Trinajstić information content (AvgIpc) is 2.67. The molecule has 0 radical (unpaired) electrons. The molecule has 12 nitrogen and oxygen atoms in total. The summed E-state index contributed by atoms with van der Waals surface area (Å²) in [5.74, 6) is -1.24. The van der Waals surface area contributed by atoms with Crippen LogP contribution in [0, 0.1) is 10.1 Å². The maximum absolute atomic E-state index is 12.5. The van der Waals surface area contributed by atoms with E-state index in [-0.39, 0.29) is 35.2 Å². The predicted molar refractivity (Wildman–Crippen MR) is 102 cm³/mol. The molecule has 0 saturated heterocycles. The van der Waals surface area contributed by atoms with Gasteiger partial charge in [0.15, 0.2) is 11.5 Å². The number of Topliss-reactive ketones (excluding diaryl/α,β-unsaturated/α-hetero) is 1. The van der Waals surface area contributed by atoms with Crippen molar-refractivity contribution in [1.82, 2.24) is 0 Å². The maximum Gasteiger partial charge on any atom is 1.00 e. The van der Waals surface area contributed by atoms with Crippen LogP contribution in [0.3, 0.4) is 0 Å². The number of nitro benzene ring substituents is 1. The van der Waals surface area contributed by atoms with Crippen molar-refractivity contribution in [3.63, 3.8) is 0 Å². The van der Waals surface area contributed by atoms with Crippen molar-refractivity contribution in [2.75, 3.05) is 12.4 Å². The molecule has 0 aliphatic carbocycles. The number of nitrogens with zero attached hydrogens (tertiary/aromatic N) is 3. The van der Waals surface area contributed by atoms with Gasteiger partial charge < -0.3 is 14.6 Å². The molecule has 0 aromatic heterocycles. The van der Waals surface area contributed by atoms with Crippen LogP contribution in [-0.4, -0.2) is 42.7 Å². The van der Waals surface area contributed by atoms with Crippen LogP contribution in [0.15, 0.2) is 57.6 Å². The summed E-state index contributed by atoms with van der Waals surface area (Å²) < 4.78 is 38.2. The number of hydrogen-bond donors (Lipinski definition) is 1. The third kappa shape index (κ3) is 6.90. The van der Waals surface area contributed by atoms with Gasteiger partial charge in [-0.25, -0.2) is 8.42 Å². The first kappa shape index (κ1) is 26.3. The predicted octanol–water partition coefficient (Wildman–Crippen LogP) is -0.808. The first-order valence-electron chi connectivity index (χ1n) is 8.14. The standard InChI is InChI=1S/C17H16N4O8S.Na/c1-10(22)16(17(23)18-13-5-3-4-6-15(13)29-2)20-19-12-8-7-11(30(26,27)28)9-14(12)21(24)25;/h3-9,16H,1-2H3,(H,18,23)(H,26,27,28);/q;+1/p-1. The molecule has 1 N–H and O–H groups in total. The molecule has 0 fully saturated rings. The molecule has 1 atom stereocenters. The quantitative estimate of drug-likeness (QED) is 0.133. The molecule has 1 amide bonds. The SMILES string of the molecule is COc1ccccc1NC(=O)C(N=Nc1ccc(S(=O)(=O)[O-])cc1[N+](=O)[O-])C(C)=O.[Na+]. The Morgan fingerprint density at radius 3 is 2.39 bits per heavy atom. The van der Waals surface area contributed by atoms with Crippen LogP contribution < -0.4 is 39.6 Å². The summed E-state index contributed by atoms with van der Waals surface area (Å²) >= 11 is 0. The van der Waals surface area contributed by atoms with Crippen LogP contribution in [0.2, 0.25) is 0 Å². The van der Waals surface area contributed by atoms with E-state index in [2.05, 4.69) is 15.5 Å². The molecule has 2 aromatic rings. The molecular weight excluding hydrogens is 443 g/mol. The van der Waals surface area contributed by atoms with Crippen molar-refractivity contribution in [2.45, 2.75) is 17.9 Å². The molecule has 0 aliphatic rings. The number of carbonyl (C=O) groups is 2. The minimum absolute atomic E-state index is 0. The van der Waals surface area contributed by atoms with Crippen molar-refractivity contribution in [2.24, 2.45) is 10.2 Å². The number of carbonyl (C=O) groups excluding carboxylic acids is 2. The van der Waals surface area contributed by atoms with Gasteiger partial charge in [-0.1, -0.05) is 12.1 Å². The van der Waals surface area contributed by atoms with Gasteiger partial charge in [-0.3, -0.25) is 19.7 Å². The van der Waals surface area contributed by atoms with Crippen LogP contribution in [0.5, 0.6) is 5.75 Å². The van der Waals surface area contributed by atoms with Crippen molar-refractivity contribution in [3.8, 4) is 5.75 Å². The molecule has 0 bridgehead atoms. The monoisotopic (exact) mass is 458 g/mol. The summed E-state index contributed by atoms with van der Waals surface area (Å²) in [6, 6.07) is 6.96. The second-order valence-electron chi connectivity index (χ2n) is 5.78. The minimum Gasteiger partial charge on any atom is -0.744 e. The topological polar surface area (TPSA) is 180 Å². The number of amides is 1. The molecule has 0 saturated carbocycles. The Morgan fingerprint density at radius 2 is 1.84 bits per heavy atom. The Morgan fingerprint density at radius 1 is 1.19 bits per heavy atom. The summed E-state index contributed by atoms with van der Waals surface area (Å²) in [6.45, 7) is 1.08. The number of para-hydroxylation sites is 2. The van der Waals surface area contributed by atoms with Gasteiger partial charge in [-0.15, -0.1) is 5.11 Å². The zero-order chi connectivity index (χ0) is 22.5. The van der Waals surface area contributed by atoms with Gasteiger partial charge in [0.2, 0.25) is 6.04 Å². The molecular formula is C17H15N4NaO8S. The summed E-state index contributed by atoms with van der Waals surface area (Å²) in [5, 5.41) is 20.7. The molecule has 2 rings (SSSR count). The number of rotatable bonds is 8. The number of anilines is 1. The fourth-order valence-electron chi connectivity index (χ4n) is 2.28. The average molecular weight is 458 g/mol. The van der Waals surface area contributed by atoms with Crippen molar-refractivity contribution >= 4 is 38.9 Å². The summed E-state index contributed by atoms with van der Waals surface area (Å²) in [4.78, 5) is 33.7. The van der Waals surface area contributed by atoms with Crippen LogP contribution in [0.25, 0.3) is 0 Å². The number of benzene rings is 2. The fourth-order valence-corrected chi connectivity index (χ4v) is 2.77. The maximum atomic E-state index is 12.5. The number of ketones is 1. The van der Waals surface area contributed by atoms with E-state index in [4.69, 9.17) is 4.74 Å². The number of methoxy groups -OCH3 is 1. The van der Waals surface area contributed by atoms with Crippen LogP contribution in [0.4, 0.5) is 17.1 Å². The first-order valence-corrected chi connectivity index (χ1v) is 9.55. The molecule has 0 heterocycles. The van der Waals surface area contributed by atoms with E-state index >= 15 is 0 Å². The second kappa shape index (κ2) is 11.1. The van der Waals surface area contributed by atoms with E-state index in [9.17, 15) is 32.7 Å². The zero-order valence-electron chi connectivity index (χ0n) is 16.6. The summed E-state index contributed by atoms with van der Waals surface area (Å²) in [7, 11) is -3.54. The third-order valence-electron chi connectivity index (χ3n) is 3.71. The van der Waals surface area contributed by atoms with Gasteiger partial charge in [-0.2, -0.15) is 5.11 Å². The van der Waals surface area contributed by atoms with Gasteiger partial charge in [0.05, 0.1) is 22.6 Å². The van der Waals surface area contributed by atoms with E-state index in [0.29, 0.717) is 11.8 Å². The van der Waals surface area contributed by atoms with Crippen LogP contribution in [-0.2, 0) is 19.7 Å². The van der Waals surface area contributed by atoms with E-state index < -0.39 is 49.0 Å². The molecule has 2 aromatic carbocycles. The van der Waals surface area contributed by atoms with Crippen LogP contribution >= 0.6 is 0 Å². The number of nitrogens with one attached hydrogen (secondary N) is 1. The second-order valence-corrected chi connectivity index (χ2v) is 7.16. The van der Waals surface area contributed by atoms with Crippen molar-refractivity contribution in [1.29, 1.82) is 0 Å². The Hall–Kier alpha value is -2.71. The number of ether oxygens (including phenoxy) is 1. The number of azo groups is 1.